The highest BCUT2D eigenvalue weighted by atomic mass is 79.9. The van der Waals surface area contributed by atoms with Gasteiger partial charge in [0.25, 0.3) is 5.91 Å². The van der Waals surface area contributed by atoms with Gasteiger partial charge in [-0.15, -0.1) is 0 Å². The van der Waals surface area contributed by atoms with Gasteiger partial charge in [0.2, 0.25) is 0 Å². The first kappa shape index (κ1) is 11.5. The number of hydrogen-bond acceptors (Lipinski definition) is 3. The van der Waals surface area contributed by atoms with E-state index in [1.807, 2.05) is 4.90 Å². The highest BCUT2D eigenvalue weighted by Gasteiger charge is 2.27. The van der Waals surface area contributed by atoms with Gasteiger partial charge in [-0.05, 0) is 12.3 Å². The van der Waals surface area contributed by atoms with Crippen LogP contribution in [0.15, 0.2) is 18.7 Å². The molecule has 0 aliphatic carbocycles. The van der Waals surface area contributed by atoms with Crippen molar-refractivity contribution < 1.29 is 4.79 Å². The van der Waals surface area contributed by atoms with Gasteiger partial charge in [-0.25, -0.2) is 9.97 Å². The largest absolute Gasteiger partial charge is 0.338 e. The van der Waals surface area contributed by atoms with Gasteiger partial charge in [0.15, 0.2) is 0 Å². The Morgan fingerprint density at radius 2 is 2.19 bits per heavy atom. The van der Waals surface area contributed by atoms with Crippen molar-refractivity contribution in [2.24, 2.45) is 5.92 Å². The molecule has 1 saturated heterocycles. The van der Waals surface area contributed by atoms with Crippen molar-refractivity contribution in [2.75, 3.05) is 13.1 Å². The molecule has 2 unspecified atom stereocenters. The van der Waals surface area contributed by atoms with Crippen molar-refractivity contribution in [2.45, 2.75) is 18.2 Å². The summed E-state index contributed by atoms with van der Waals surface area (Å²) < 4.78 is 0. The molecular weight excluding hydrogens is 270 g/mol. The number of piperidine rings is 1. The fraction of sp³-hybridized carbons (Fsp3) is 0.545. The number of rotatable bonds is 1. The van der Waals surface area contributed by atoms with Crippen LogP contribution in [0.2, 0.25) is 0 Å². The SMILES string of the molecule is CC1CN(C(=O)c2cncnc2)CCC1Br. The van der Waals surface area contributed by atoms with Gasteiger partial charge in [0, 0.05) is 30.3 Å². The van der Waals surface area contributed by atoms with Gasteiger partial charge in [-0.1, -0.05) is 22.9 Å². The number of carbonyl (C=O) groups is 1. The molecule has 16 heavy (non-hydrogen) atoms. The molecule has 4 nitrogen and oxygen atoms in total. The highest BCUT2D eigenvalue weighted by Crippen LogP contribution is 2.24. The van der Waals surface area contributed by atoms with Crippen LogP contribution in [0.25, 0.3) is 0 Å². The van der Waals surface area contributed by atoms with E-state index in [1.165, 1.54) is 6.33 Å². The summed E-state index contributed by atoms with van der Waals surface area (Å²) in [5.41, 5.74) is 0.572. The molecule has 0 bridgehead atoms. The van der Waals surface area contributed by atoms with E-state index in [9.17, 15) is 4.79 Å². The summed E-state index contributed by atoms with van der Waals surface area (Å²) >= 11 is 3.62. The number of nitrogens with zero attached hydrogens (tertiary/aromatic N) is 3. The summed E-state index contributed by atoms with van der Waals surface area (Å²) in [5, 5.41) is 0. The zero-order valence-corrected chi connectivity index (χ0v) is 10.7. The van der Waals surface area contributed by atoms with Crippen molar-refractivity contribution in [1.82, 2.24) is 14.9 Å². The monoisotopic (exact) mass is 283 g/mol. The third kappa shape index (κ3) is 2.40. The minimum atomic E-state index is 0.0341. The van der Waals surface area contributed by atoms with Gasteiger partial charge in [0.05, 0.1) is 5.56 Å². The van der Waals surface area contributed by atoms with E-state index < -0.39 is 0 Å². The van der Waals surface area contributed by atoms with Gasteiger partial charge in [0.1, 0.15) is 6.33 Å². The molecule has 1 aliphatic rings. The Labute approximate surface area is 103 Å². The molecule has 2 heterocycles. The van der Waals surface area contributed by atoms with Crippen molar-refractivity contribution in [3.63, 3.8) is 0 Å². The van der Waals surface area contributed by atoms with E-state index in [4.69, 9.17) is 0 Å². The number of alkyl halides is 1. The molecule has 0 spiro atoms. The van der Waals surface area contributed by atoms with Crippen molar-refractivity contribution in [3.05, 3.63) is 24.3 Å². The third-order valence-corrected chi connectivity index (χ3v) is 4.26. The number of carbonyl (C=O) groups excluding carboxylic acids is 1. The maximum atomic E-state index is 12.1. The first-order valence-corrected chi connectivity index (χ1v) is 6.28. The Balaban J connectivity index is 2.06. The van der Waals surface area contributed by atoms with Crippen LogP contribution in [0.4, 0.5) is 0 Å². The Morgan fingerprint density at radius 1 is 1.50 bits per heavy atom. The fourth-order valence-corrected chi connectivity index (χ4v) is 2.27. The van der Waals surface area contributed by atoms with Crippen LogP contribution in [-0.4, -0.2) is 38.7 Å². The minimum absolute atomic E-state index is 0.0341. The Bertz CT molecular complexity index is 371. The predicted molar refractivity (Wildman–Crippen MR) is 64.4 cm³/mol. The number of halogens is 1. The average molecular weight is 284 g/mol. The van der Waals surface area contributed by atoms with Crippen LogP contribution in [0.3, 0.4) is 0 Å². The number of aromatic nitrogens is 2. The van der Waals surface area contributed by atoms with E-state index in [-0.39, 0.29) is 5.91 Å². The van der Waals surface area contributed by atoms with E-state index in [1.54, 1.807) is 12.4 Å². The smallest absolute Gasteiger partial charge is 0.257 e. The second-order valence-electron chi connectivity index (χ2n) is 4.16. The molecule has 0 N–H and O–H groups in total. The normalized spacial score (nSPS) is 25.5. The van der Waals surface area contributed by atoms with Crippen LogP contribution in [0.1, 0.15) is 23.7 Å². The third-order valence-electron chi connectivity index (χ3n) is 2.90. The Hall–Kier alpha value is -0.970. The number of amides is 1. The number of hydrogen-bond donors (Lipinski definition) is 0. The van der Waals surface area contributed by atoms with Crippen molar-refractivity contribution in [1.29, 1.82) is 0 Å². The van der Waals surface area contributed by atoms with Crippen LogP contribution >= 0.6 is 15.9 Å². The summed E-state index contributed by atoms with van der Waals surface area (Å²) in [7, 11) is 0. The first-order valence-electron chi connectivity index (χ1n) is 5.37. The van der Waals surface area contributed by atoms with E-state index in [2.05, 4.69) is 32.8 Å². The standard InChI is InChI=1S/C11H14BrN3O/c1-8-6-15(3-2-10(8)12)11(16)9-4-13-7-14-5-9/h4-5,7-8,10H,2-3,6H2,1H3. The first-order chi connectivity index (χ1) is 7.68. The molecule has 0 aromatic carbocycles. The molecule has 5 heteroatoms. The van der Waals surface area contributed by atoms with Gasteiger partial charge in [-0.3, -0.25) is 4.79 Å². The molecule has 1 aromatic heterocycles. The maximum absolute atomic E-state index is 12.1. The summed E-state index contributed by atoms with van der Waals surface area (Å²) in [6.07, 6.45) is 5.57. The minimum Gasteiger partial charge on any atom is -0.338 e. The molecule has 1 amide bonds. The fourth-order valence-electron chi connectivity index (χ4n) is 1.89. The zero-order chi connectivity index (χ0) is 11.5. The average Bonchev–Trinajstić information content (AvgIpc) is 2.33. The summed E-state index contributed by atoms with van der Waals surface area (Å²) in [5.74, 6) is 0.522. The molecule has 0 radical (unpaired) electrons. The predicted octanol–water partition coefficient (Wildman–Crippen LogP) is 1.72. The summed E-state index contributed by atoms with van der Waals surface area (Å²) in [6, 6.07) is 0. The van der Waals surface area contributed by atoms with Crippen molar-refractivity contribution in [3.8, 4) is 0 Å². The van der Waals surface area contributed by atoms with Crippen LogP contribution in [-0.2, 0) is 0 Å². The molecule has 2 atom stereocenters. The lowest BCUT2D eigenvalue weighted by atomic mass is 9.99. The van der Waals surface area contributed by atoms with Crippen molar-refractivity contribution >= 4 is 21.8 Å². The van der Waals surface area contributed by atoms with Crippen LogP contribution in [0.5, 0.6) is 0 Å². The Kier molecular flexibility index (Phi) is 3.53. The van der Waals surface area contributed by atoms with Gasteiger partial charge < -0.3 is 4.90 Å². The highest BCUT2D eigenvalue weighted by molar-refractivity contribution is 9.09. The lowest BCUT2D eigenvalue weighted by Gasteiger charge is -2.34. The van der Waals surface area contributed by atoms with Crippen LogP contribution < -0.4 is 0 Å². The second-order valence-corrected chi connectivity index (χ2v) is 5.34. The lowest BCUT2D eigenvalue weighted by molar-refractivity contribution is 0.0689. The van der Waals surface area contributed by atoms with E-state index in [0.717, 1.165) is 19.5 Å². The molecule has 1 fully saturated rings. The van der Waals surface area contributed by atoms with Gasteiger partial charge in [-0.2, -0.15) is 0 Å². The zero-order valence-electron chi connectivity index (χ0n) is 9.14. The molecule has 1 aliphatic heterocycles. The Morgan fingerprint density at radius 3 is 2.81 bits per heavy atom. The molecular formula is C11H14BrN3O. The molecule has 0 saturated carbocycles. The molecule has 86 valence electrons. The second kappa shape index (κ2) is 4.91. The van der Waals surface area contributed by atoms with Gasteiger partial charge >= 0.3 is 0 Å². The van der Waals surface area contributed by atoms with E-state index in [0.29, 0.717) is 16.3 Å². The van der Waals surface area contributed by atoms with Crippen LogP contribution in [0, 0.1) is 5.92 Å². The lowest BCUT2D eigenvalue weighted by Crippen LogP contribution is -2.43. The maximum Gasteiger partial charge on any atom is 0.257 e. The number of likely N-dealkylation sites (tertiary alicyclic amines) is 1. The summed E-state index contributed by atoms with van der Waals surface area (Å²) in [4.78, 5) is 22.2. The topological polar surface area (TPSA) is 46.1 Å². The molecule has 2 rings (SSSR count). The quantitative estimate of drug-likeness (QED) is 0.738. The van der Waals surface area contributed by atoms with E-state index >= 15 is 0 Å². The summed E-state index contributed by atoms with van der Waals surface area (Å²) in [6.45, 7) is 3.75. The molecule has 1 aromatic rings.